The molecule has 0 spiro atoms. The van der Waals surface area contributed by atoms with Crippen LogP contribution in [0.3, 0.4) is 0 Å². The van der Waals surface area contributed by atoms with Crippen molar-refractivity contribution in [3.8, 4) is 0 Å². The van der Waals surface area contributed by atoms with Crippen LogP contribution in [0.4, 0.5) is 13.2 Å². The lowest BCUT2D eigenvalue weighted by Gasteiger charge is -2.27. The lowest BCUT2D eigenvalue weighted by atomic mass is 9.99. The van der Waals surface area contributed by atoms with Gasteiger partial charge in [-0.25, -0.2) is 0 Å². The first-order valence-electron chi connectivity index (χ1n) is 5.06. The summed E-state index contributed by atoms with van der Waals surface area (Å²) in [6, 6.07) is 4.72. The SMILES string of the molecule is N=C1COCC(c2ccccc2C(F)(F)F)N1. The molecule has 1 heterocycles. The Morgan fingerprint density at radius 3 is 2.65 bits per heavy atom. The van der Waals surface area contributed by atoms with E-state index in [0.717, 1.165) is 6.07 Å². The Morgan fingerprint density at radius 2 is 2.00 bits per heavy atom. The summed E-state index contributed by atoms with van der Waals surface area (Å²) in [5.41, 5.74) is -0.569. The summed E-state index contributed by atoms with van der Waals surface area (Å²) in [6.07, 6.45) is -4.39. The average Bonchev–Trinajstić information content (AvgIpc) is 2.28. The van der Waals surface area contributed by atoms with Gasteiger partial charge in [0.2, 0.25) is 0 Å². The third-order valence-corrected chi connectivity index (χ3v) is 2.52. The molecule has 2 N–H and O–H groups in total. The fraction of sp³-hybridized carbons (Fsp3) is 0.364. The predicted octanol–water partition coefficient (Wildman–Crippen LogP) is 2.34. The number of hydrogen-bond acceptors (Lipinski definition) is 2. The molecule has 1 fully saturated rings. The van der Waals surface area contributed by atoms with E-state index in [1.165, 1.54) is 12.1 Å². The van der Waals surface area contributed by atoms with E-state index in [2.05, 4.69) is 5.32 Å². The summed E-state index contributed by atoms with van der Waals surface area (Å²) in [5, 5.41) is 10.1. The first-order valence-corrected chi connectivity index (χ1v) is 5.06. The smallest absolute Gasteiger partial charge is 0.371 e. The molecule has 1 atom stereocenters. The number of rotatable bonds is 1. The van der Waals surface area contributed by atoms with Crippen LogP contribution in [-0.2, 0) is 10.9 Å². The highest BCUT2D eigenvalue weighted by atomic mass is 19.4. The van der Waals surface area contributed by atoms with Crippen molar-refractivity contribution >= 4 is 5.84 Å². The molecule has 1 unspecified atom stereocenters. The second-order valence-corrected chi connectivity index (χ2v) is 3.78. The molecule has 0 aromatic heterocycles. The minimum atomic E-state index is -4.39. The molecule has 1 saturated heterocycles. The first kappa shape index (κ1) is 11.9. The van der Waals surface area contributed by atoms with E-state index in [-0.39, 0.29) is 24.6 Å². The molecule has 0 bridgehead atoms. The highest BCUT2D eigenvalue weighted by Gasteiger charge is 2.35. The van der Waals surface area contributed by atoms with Crippen molar-refractivity contribution in [2.75, 3.05) is 13.2 Å². The van der Waals surface area contributed by atoms with Crippen LogP contribution < -0.4 is 5.32 Å². The monoisotopic (exact) mass is 244 g/mol. The number of amidine groups is 1. The molecule has 0 aliphatic carbocycles. The van der Waals surface area contributed by atoms with E-state index in [0.29, 0.717) is 0 Å². The number of ether oxygens (including phenoxy) is 1. The van der Waals surface area contributed by atoms with E-state index in [1.807, 2.05) is 0 Å². The van der Waals surface area contributed by atoms with Crippen LogP contribution in [0.2, 0.25) is 0 Å². The fourth-order valence-corrected chi connectivity index (χ4v) is 1.80. The van der Waals surface area contributed by atoms with Gasteiger partial charge in [-0.05, 0) is 11.6 Å². The maximum Gasteiger partial charge on any atom is 0.416 e. The molecule has 3 nitrogen and oxygen atoms in total. The van der Waals surface area contributed by atoms with E-state index in [4.69, 9.17) is 10.1 Å². The summed E-state index contributed by atoms with van der Waals surface area (Å²) in [4.78, 5) is 0. The summed E-state index contributed by atoms with van der Waals surface area (Å²) < 4.78 is 43.4. The molecule has 0 saturated carbocycles. The molecular formula is C11H11F3N2O. The quantitative estimate of drug-likeness (QED) is 0.796. The number of benzene rings is 1. The van der Waals surface area contributed by atoms with Gasteiger partial charge in [-0.15, -0.1) is 0 Å². The highest BCUT2D eigenvalue weighted by molar-refractivity contribution is 5.81. The standard InChI is InChI=1S/C11H11F3N2O/c12-11(13,14)8-4-2-1-3-7(8)9-5-17-6-10(15)16-9/h1-4,9H,5-6H2,(H2,15,16). The van der Waals surface area contributed by atoms with Crippen LogP contribution >= 0.6 is 0 Å². The van der Waals surface area contributed by atoms with Gasteiger partial charge in [0.15, 0.2) is 0 Å². The third-order valence-electron chi connectivity index (χ3n) is 2.52. The zero-order valence-electron chi connectivity index (χ0n) is 8.84. The van der Waals surface area contributed by atoms with Crippen LogP contribution in [0.1, 0.15) is 17.2 Å². The van der Waals surface area contributed by atoms with Gasteiger partial charge in [-0.2, -0.15) is 13.2 Å². The zero-order chi connectivity index (χ0) is 12.5. The maximum absolute atomic E-state index is 12.8. The average molecular weight is 244 g/mol. The van der Waals surface area contributed by atoms with E-state index in [9.17, 15) is 13.2 Å². The Hall–Kier alpha value is -1.56. The summed E-state index contributed by atoms with van der Waals surface area (Å²) in [5.74, 6) is 0.0956. The number of alkyl halides is 3. The van der Waals surface area contributed by atoms with Gasteiger partial charge in [0.05, 0.1) is 18.2 Å². The number of nitrogens with one attached hydrogen (secondary N) is 2. The minimum absolute atomic E-state index is 0.0956. The van der Waals surface area contributed by atoms with Crippen LogP contribution in [-0.4, -0.2) is 19.0 Å². The normalized spacial score (nSPS) is 21.1. The second kappa shape index (κ2) is 4.37. The van der Waals surface area contributed by atoms with Crippen LogP contribution in [0.25, 0.3) is 0 Å². The molecular weight excluding hydrogens is 233 g/mol. The molecule has 6 heteroatoms. The van der Waals surface area contributed by atoms with Crippen molar-refractivity contribution in [2.24, 2.45) is 0 Å². The third kappa shape index (κ3) is 2.58. The Kier molecular flexibility index (Phi) is 3.06. The molecule has 1 aliphatic heterocycles. The molecule has 1 aromatic carbocycles. The number of hydrogen-bond donors (Lipinski definition) is 2. The largest absolute Gasteiger partial charge is 0.416 e. The molecule has 1 aliphatic rings. The van der Waals surface area contributed by atoms with E-state index >= 15 is 0 Å². The molecule has 2 rings (SSSR count). The van der Waals surface area contributed by atoms with Crippen LogP contribution in [0.15, 0.2) is 24.3 Å². The summed E-state index contributed by atoms with van der Waals surface area (Å²) in [7, 11) is 0. The molecule has 17 heavy (non-hydrogen) atoms. The Bertz CT molecular complexity index is 431. The topological polar surface area (TPSA) is 45.1 Å². The van der Waals surface area contributed by atoms with Gasteiger partial charge in [-0.1, -0.05) is 18.2 Å². The Balaban J connectivity index is 2.34. The first-order chi connectivity index (χ1) is 7.98. The van der Waals surface area contributed by atoms with Gasteiger partial charge in [-0.3, -0.25) is 5.41 Å². The summed E-state index contributed by atoms with van der Waals surface area (Å²) in [6.45, 7) is 0.250. The van der Waals surface area contributed by atoms with Gasteiger partial charge >= 0.3 is 6.18 Å². The lowest BCUT2D eigenvalue weighted by molar-refractivity contribution is -0.138. The van der Waals surface area contributed by atoms with E-state index < -0.39 is 17.8 Å². The van der Waals surface area contributed by atoms with Crippen molar-refractivity contribution in [1.29, 1.82) is 5.41 Å². The van der Waals surface area contributed by atoms with Crippen LogP contribution in [0, 0.1) is 5.41 Å². The zero-order valence-corrected chi connectivity index (χ0v) is 8.84. The summed E-state index contributed by atoms with van der Waals surface area (Å²) >= 11 is 0. The maximum atomic E-state index is 12.8. The number of morpholine rings is 1. The predicted molar refractivity (Wildman–Crippen MR) is 55.9 cm³/mol. The fourth-order valence-electron chi connectivity index (χ4n) is 1.80. The van der Waals surface area contributed by atoms with Crippen molar-refractivity contribution < 1.29 is 17.9 Å². The van der Waals surface area contributed by atoms with Gasteiger partial charge in [0.1, 0.15) is 12.4 Å². The van der Waals surface area contributed by atoms with Crippen LogP contribution in [0.5, 0.6) is 0 Å². The van der Waals surface area contributed by atoms with Crippen molar-refractivity contribution in [3.05, 3.63) is 35.4 Å². The van der Waals surface area contributed by atoms with Crippen molar-refractivity contribution in [2.45, 2.75) is 12.2 Å². The van der Waals surface area contributed by atoms with Crippen molar-refractivity contribution in [1.82, 2.24) is 5.32 Å². The minimum Gasteiger partial charge on any atom is -0.371 e. The molecule has 92 valence electrons. The Labute approximate surface area is 96.1 Å². The molecule has 0 radical (unpaired) electrons. The van der Waals surface area contributed by atoms with Gasteiger partial charge < -0.3 is 10.1 Å². The van der Waals surface area contributed by atoms with Crippen molar-refractivity contribution in [3.63, 3.8) is 0 Å². The number of halogens is 3. The lowest BCUT2D eigenvalue weighted by Crippen LogP contribution is -2.40. The second-order valence-electron chi connectivity index (χ2n) is 3.78. The van der Waals surface area contributed by atoms with E-state index in [1.54, 1.807) is 6.07 Å². The molecule has 1 aromatic rings. The Morgan fingerprint density at radius 1 is 1.29 bits per heavy atom. The molecule has 0 amide bonds. The highest BCUT2D eigenvalue weighted by Crippen LogP contribution is 2.34. The van der Waals surface area contributed by atoms with Gasteiger partial charge in [0, 0.05) is 0 Å². The van der Waals surface area contributed by atoms with Gasteiger partial charge in [0.25, 0.3) is 0 Å².